The Morgan fingerprint density at radius 1 is 1.15 bits per heavy atom. The Morgan fingerprint density at radius 2 is 1.88 bits per heavy atom. The second kappa shape index (κ2) is 9.36. The number of nitrogens with one attached hydrogen (secondary N) is 2. The lowest BCUT2D eigenvalue weighted by Gasteiger charge is -2.08. The highest BCUT2D eigenvalue weighted by Crippen LogP contribution is 2.11. The van der Waals surface area contributed by atoms with E-state index in [1.54, 1.807) is 24.3 Å². The molecule has 8 nitrogen and oxygen atoms in total. The van der Waals surface area contributed by atoms with E-state index < -0.39 is 17.2 Å². The number of amides is 1. The fourth-order valence-electron chi connectivity index (χ4n) is 2.15. The molecule has 8 heteroatoms. The van der Waals surface area contributed by atoms with Gasteiger partial charge in [0, 0.05) is 30.9 Å². The molecule has 0 saturated carbocycles. The average Bonchev–Trinajstić information content (AvgIpc) is 2.61. The average molecular weight is 359 g/mol. The highest BCUT2D eigenvalue weighted by molar-refractivity contribution is 5.93. The molecule has 1 amide bonds. The molecule has 0 aliphatic rings. The zero-order chi connectivity index (χ0) is 18.9. The normalized spacial score (nSPS) is 10.3. The van der Waals surface area contributed by atoms with Crippen LogP contribution in [-0.4, -0.2) is 28.0 Å². The molecule has 2 aromatic rings. The third kappa shape index (κ3) is 5.73. The number of carbonyl (C=O) groups excluding carboxylic acids is 2. The van der Waals surface area contributed by atoms with Gasteiger partial charge in [-0.2, -0.15) is 0 Å². The molecule has 26 heavy (non-hydrogen) atoms. The number of anilines is 1. The molecule has 0 unspecified atom stereocenters. The Hall–Kier alpha value is -3.16. The van der Waals surface area contributed by atoms with Crippen molar-refractivity contribution in [3.63, 3.8) is 0 Å². The van der Waals surface area contributed by atoms with Crippen molar-refractivity contribution < 1.29 is 14.3 Å². The zero-order valence-electron chi connectivity index (χ0n) is 14.5. The molecule has 0 aliphatic carbocycles. The number of aromatic amines is 1. The van der Waals surface area contributed by atoms with Gasteiger partial charge in [-0.1, -0.05) is 13.3 Å². The van der Waals surface area contributed by atoms with Crippen molar-refractivity contribution in [3.05, 3.63) is 62.9 Å². The minimum absolute atomic E-state index is 0.0623. The summed E-state index contributed by atoms with van der Waals surface area (Å²) in [5, 5.41) is 2.68. The van der Waals surface area contributed by atoms with Crippen molar-refractivity contribution in [1.29, 1.82) is 0 Å². The van der Waals surface area contributed by atoms with Crippen LogP contribution in [0.3, 0.4) is 0 Å². The molecule has 0 spiro atoms. The quantitative estimate of drug-likeness (QED) is 0.548. The van der Waals surface area contributed by atoms with Crippen LogP contribution in [0.5, 0.6) is 0 Å². The van der Waals surface area contributed by atoms with E-state index in [1.807, 2.05) is 6.92 Å². The molecule has 138 valence electrons. The molecule has 1 aromatic carbocycles. The van der Waals surface area contributed by atoms with E-state index in [4.69, 9.17) is 4.74 Å². The van der Waals surface area contributed by atoms with Crippen LogP contribution < -0.4 is 16.6 Å². The largest absolute Gasteiger partial charge is 0.462 e. The van der Waals surface area contributed by atoms with Gasteiger partial charge in [0.15, 0.2) is 0 Å². The molecule has 0 aliphatic heterocycles. The standard InChI is InChI=1S/C18H21N3O5/c1-2-3-12-26-17(24)13-4-6-14(7-5-13)19-15(22)8-10-21-11-9-16(23)20-18(21)25/h4-7,9,11H,2-3,8,10,12H2,1H3,(H,19,22)(H,20,23,25). The molecule has 0 bridgehead atoms. The van der Waals surface area contributed by atoms with Gasteiger partial charge in [0.25, 0.3) is 5.56 Å². The van der Waals surface area contributed by atoms with Gasteiger partial charge in [-0.05, 0) is 30.7 Å². The summed E-state index contributed by atoms with van der Waals surface area (Å²) >= 11 is 0. The number of aromatic nitrogens is 2. The Balaban J connectivity index is 1.86. The number of unbranched alkanes of at least 4 members (excludes halogenated alkanes) is 1. The Morgan fingerprint density at radius 3 is 2.54 bits per heavy atom. The first-order valence-corrected chi connectivity index (χ1v) is 8.36. The summed E-state index contributed by atoms with van der Waals surface area (Å²) in [6.07, 6.45) is 3.17. The van der Waals surface area contributed by atoms with Gasteiger partial charge in [-0.15, -0.1) is 0 Å². The summed E-state index contributed by atoms with van der Waals surface area (Å²) in [5.41, 5.74) is -0.0898. The topological polar surface area (TPSA) is 110 Å². The molecule has 1 heterocycles. The van der Waals surface area contributed by atoms with Crippen LogP contribution in [0.4, 0.5) is 5.69 Å². The van der Waals surface area contributed by atoms with E-state index in [2.05, 4.69) is 10.3 Å². The van der Waals surface area contributed by atoms with E-state index in [-0.39, 0.29) is 18.9 Å². The lowest BCUT2D eigenvalue weighted by Crippen LogP contribution is -2.29. The van der Waals surface area contributed by atoms with Gasteiger partial charge in [0.2, 0.25) is 5.91 Å². The van der Waals surface area contributed by atoms with Crippen LogP contribution in [0.25, 0.3) is 0 Å². The summed E-state index contributed by atoms with van der Waals surface area (Å²) < 4.78 is 6.36. The molecule has 0 radical (unpaired) electrons. The van der Waals surface area contributed by atoms with Crippen LogP contribution in [0.1, 0.15) is 36.5 Å². The summed E-state index contributed by atoms with van der Waals surface area (Å²) in [7, 11) is 0. The number of nitrogens with zero attached hydrogens (tertiary/aromatic N) is 1. The molecular weight excluding hydrogens is 338 g/mol. The minimum atomic E-state index is -0.559. The van der Waals surface area contributed by atoms with Gasteiger partial charge in [-0.25, -0.2) is 9.59 Å². The van der Waals surface area contributed by atoms with Crippen molar-refractivity contribution in [3.8, 4) is 0 Å². The maximum atomic E-state index is 12.0. The predicted molar refractivity (Wildman–Crippen MR) is 96.2 cm³/mol. The first-order valence-electron chi connectivity index (χ1n) is 8.36. The number of benzene rings is 1. The van der Waals surface area contributed by atoms with E-state index in [9.17, 15) is 19.2 Å². The number of carbonyl (C=O) groups is 2. The van der Waals surface area contributed by atoms with E-state index in [0.717, 1.165) is 12.8 Å². The van der Waals surface area contributed by atoms with Crippen molar-refractivity contribution in [2.45, 2.75) is 32.7 Å². The minimum Gasteiger partial charge on any atom is -0.462 e. The fraction of sp³-hybridized carbons (Fsp3) is 0.333. The zero-order valence-corrected chi connectivity index (χ0v) is 14.5. The molecule has 0 saturated heterocycles. The number of H-pyrrole nitrogens is 1. The fourth-order valence-corrected chi connectivity index (χ4v) is 2.15. The van der Waals surface area contributed by atoms with E-state index in [1.165, 1.54) is 16.8 Å². The van der Waals surface area contributed by atoms with Crippen LogP contribution in [0.2, 0.25) is 0 Å². The van der Waals surface area contributed by atoms with Gasteiger partial charge in [0.1, 0.15) is 0 Å². The van der Waals surface area contributed by atoms with Crippen molar-refractivity contribution >= 4 is 17.6 Å². The first-order chi connectivity index (χ1) is 12.5. The number of hydrogen-bond acceptors (Lipinski definition) is 5. The number of ether oxygens (including phenoxy) is 1. The van der Waals surface area contributed by atoms with Gasteiger partial charge < -0.3 is 14.6 Å². The molecule has 0 atom stereocenters. The third-order valence-corrected chi connectivity index (χ3v) is 3.61. The molecule has 2 N–H and O–H groups in total. The smallest absolute Gasteiger partial charge is 0.338 e. The SMILES string of the molecule is CCCCOC(=O)c1ccc(NC(=O)CCn2ccc(=O)[nH]c2=O)cc1. The lowest BCUT2D eigenvalue weighted by atomic mass is 10.2. The van der Waals surface area contributed by atoms with Gasteiger partial charge in [-0.3, -0.25) is 14.6 Å². The van der Waals surface area contributed by atoms with Gasteiger partial charge >= 0.3 is 11.7 Å². The molecule has 0 fully saturated rings. The van der Waals surface area contributed by atoms with E-state index in [0.29, 0.717) is 17.9 Å². The number of rotatable bonds is 8. The highest BCUT2D eigenvalue weighted by Gasteiger charge is 2.08. The first kappa shape index (κ1) is 19.2. The number of aryl methyl sites for hydroxylation is 1. The summed E-state index contributed by atoms with van der Waals surface area (Å²) in [6, 6.07) is 7.60. The maximum absolute atomic E-state index is 12.0. The molecular formula is C18H21N3O5. The van der Waals surface area contributed by atoms with Crippen molar-refractivity contribution in [2.24, 2.45) is 0 Å². The number of hydrogen-bond donors (Lipinski definition) is 2. The van der Waals surface area contributed by atoms with Crippen molar-refractivity contribution in [1.82, 2.24) is 9.55 Å². The predicted octanol–water partition coefficient (Wildman–Crippen LogP) is 1.52. The maximum Gasteiger partial charge on any atom is 0.338 e. The molecule has 2 rings (SSSR count). The van der Waals surface area contributed by atoms with Crippen LogP contribution >= 0.6 is 0 Å². The lowest BCUT2D eigenvalue weighted by molar-refractivity contribution is -0.116. The van der Waals surface area contributed by atoms with Crippen LogP contribution in [0.15, 0.2) is 46.1 Å². The van der Waals surface area contributed by atoms with Crippen LogP contribution in [0, 0.1) is 0 Å². The summed E-state index contributed by atoms with van der Waals surface area (Å²) in [4.78, 5) is 48.4. The highest BCUT2D eigenvalue weighted by atomic mass is 16.5. The Kier molecular flexibility index (Phi) is 6.90. The van der Waals surface area contributed by atoms with Crippen molar-refractivity contribution in [2.75, 3.05) is 11.9 Å². The summed E-state index contributed by atoms with van der Waals surface area (Å²) in [6.45, 7) is 2.54. The molecule has 1 aromatic heterocycles. The van der Waals surface area contributed by atoms with Crippen LogP contribution in [-0.2, 0) is 16.1 Å². The second-order valence-electron chi connectivity index (χ2n) is 5.67. The van der Waals surface area contributed by atoms with Gasteiger partial charge in [0.05, 0.1) is 12.2 Å². The Labute approximate surface area is 149 Å². The number of esters is 1. The monoisotopic (exact) mass is 359 g/mol. The Bertz CT molecular complexity index is 867. The second-order valence-corrected chi connectivity index (χ2v) is 5.67. The third-order valence-electron chi connectivity index (χ3n) is 3.61. The van der Waals surface area contributed by atoms with E-state index >= 15 is 0 Å². The summed E-state index contributed by atoms with van der Waals surface area (Å²) in [5.74, 6) is -0.685.